The maximum absolute atomic E-state index is 5.47. The molecule has 0 spiro atoms. The van der Waals surface area contributed by atoms with Gasteiger partial charge < -0.3 is 0 Å². The van der Waals surface area contributed by atoms with Crippen LogP contribution in [-0.2, 0) is 24.2 Å². The molecule has 5 nitrogen and oxygen atoms in total. The van der Waals surface area contributed by atoms with Crippen LogP contribution in [0.2, 0.25) is 0 Å². The maximum Gasteiger partial charge on any atom is 0.164 e. The van der Waals surface area contributed by atoms with Gasteiger partial charge in [0, 0.05) is 11.9 Å². The summed E-state index contributed by atoms with van der Waals surface area (Å²) >= 11 is 1.85. The lowest BCUT2D eigenvalue weighted by molar-refractivity contribution is 0.177. The molecule has 4 rings (SSSR count). The summed E-state index contributed by atoms with van der Waals surface area (Å²) < 4.78 is 0. The Hall–Kier alpha value is -1.24. The lowest BCUT2D eigenvalue weighted by Crippen LogP contribution is -2.33. The zero-order valence-electron chi connectivity index (χ0n) is 14.8. The van der Waals surface area contributed by atoms with Crippen LogP contribution in [0.4, 0.5) is 5.82 Å². The predicted octanol–water partition coefficient (Wildman–Crippen LogP) is 3.41. The number of hydrogen-bond acceptors (Lipinski definition) is 6. The van der Waals surface area contributed by atoms with Crippen molar-refractivity contribution in [1.82, 2.24) is 14.9 Å². The largest absolute Gasteiger partial charge is 0.296 e. The van der Waals surface area contributed by atoms with Gasteiger partial charge in [0.05, 0.1) is 19.0 Å². The lowest BCUT2D eigenvalue weighted by Gasteiger charge is -2.29. The van der Waals surface area contributed by atoms with Crippen molar-refractivity contribution in [3.05, 3.63) is 16.3 Å². The van der Waals surface area contributed by atoms with E-state index >= 15 is 0 Å². The molecule has 1 fully saturated rings. The van der Waals surface area contributed by atoms with Gasteiger partial charge in [-0.15, -0.1) is 11.3 Å². The van der Waals surface area contributed by atoms with E-state index in [-0.39, 0.29) is 0 Å². The molecule has 0 bridgehead atoms. The van der Waals surface area contributed by atoms with Crippen LogP contribution in [0, 0.1) is 5.92 Å². The van der Waals surface area contributed by atoms with E-state index in [9.17, 15) is 0 Å². The van der Waals surface area contributed by atoms with Crippen LogP contribution in [0.5, 0.6) is 0 Å². The molecule has 130 valence electrons. The Kier molecular flexibility index (Phi) is 4.45. The number of aryl methyl sites for hydroxylation is 2. The van der Waals surface area contributed by atoms with Gasteiger partial charge in [0.15, 0.2) is 5.82 Å². The van der Waals surface area contributed by atoms with Gasteiger partial charge in [-0.25, -0.2) is 15.0 Å². The Bertz CT molecular complexity index is 736. The number of thiophene rings is 1. The summed E-state index contributed by atoms with van der Waals surface area (Å²) in [6.07, 6.45) is 6.14. The second-order valence-electron chi connectivity index (χ2n) is 7.14. The average Bonchev–Trinajstić information content (AvgIpc) is 3.16. The van der Waals surface area contributed by atoms with Gasteiger partial charge >= 0.3 is 0 Å². The van der Waals surface area contributed by atoms with E-state index in [1.165, 1.54) is 41.5 Å². The molecule has 2 aromatic heterocycles. The molecule has 2 aromatic rings. The van der Waals surface area contributed by atoms with Gasteiger partial charge in [-0.05, 0) is 56.7 Å². The van der Waals surface area contributed by atoms with Crippen LogP contribution in [-0.4, -0.2) is 42.1 Å². The average molecular weight is 347 g/mol. The fourth-order valence-corrected chi connectivity index (χ4v) is 5.10. The Morgan fingerprint density at radius 2 is 2.04 bits per heavy atom. The summed E-state index contributed by atoms with van der Waals surface area (Å²) in [5.74, 6) is 2.71. The van der Waals surface area contributed by atoms with E-state index in [0.717, 1.165) is 48.4 Å². The summed E-state index contributed by atoms with van der Waals surface area (Å²) in [6, 6.07) is 0. The van der Waals surface area contributed by atoms with E-state index in [2.05, 4.69) is 11.8 Å². The van der Waals surface area contributed by atoms with Gasteiger partial charge in [-0.1, -0.05) is 6.92 Å². The standard InChI is InChI=1S/C18H26N4OS/c1-12-7-9-22(10-8-12)11-15-19-17(21(2)23-3)16-13-5-4-6-14(13)24-18(16)20-15/h12H,4-11H2,1-3H3. The predicted molar refractivity (Wildman–Crippen MR) is 98.5 cm³/mol. The summed E-state index contributed by atoms with van der Waals surface area (Å²) in [6.45, 7) is 5.49. The van der Waals surface area contributed by atoms with Gasteiger partial charge in [0.25, 0.3) is 0 Å². The molecule has 1 saturated heterocycles. The molecule has 1 aliphatic carbocycles. The van der Waals surface area contributed by atoms with Crippen molar-refractivity contribution in [2.75, 3.05) is 32.3 Å². The zero-order chi connectivity index (χ0) is 16.7. The second-order valence-corrected chi connectivity index (χ2v) is 8.22. The molecule has 0 amide bonds. The van der Waals surface area contributed by atoms with Crippen molar-refractivity contribution < 1.29 is 4.84 Å². The Labute approximate surface area is 147 Å². The summed E-state index contributed by atoms with van der Waals surface area (Å²) in [5, 5.41) is 3.00. The molecule has 0 unspecified atom stereocenters. The van der Waals surface area contributed by atoms with Crippen molar-refractivity contribution in [3.8, 4) is 0 Å². The van der Waals surface area contributed by atoms with E-state index in [1.54, 1.807) is 12.2 Å². The molecule has 0 N–H and O–H groups in total. The first kappa shape index (κ1) is 16.2. The highest BCUT2D eigenvalue weighted by atomic mass is 32.1. The zero-order valence-corrected chi connectivity index (χ0v) is 15.7. The molecule has 3 heterocycles. The number of hydrogen-bond donors (Lipinski definition) is 0. The summed E-state index contributed by atoms with van der Waals surface area (Å²) in [7, 11) is 3.64. The maximum atomic E-state index is 5.47. The SMILES string of the molecule is CON(C)c1nc(CN2CCC(C)CC2)nc2sc3c(c12)CCC3. The molecule has 6 heteroatoms. The van der Waals surface area contributed by atoms with E-state index < -0.39 is 0 Å². The van der Waals surface area contributed by atoms with Crippen molar-refractivity contribution in [2.45, 2.75) is 45.6 Å². The van der Waals surface area contributed by atoms with Crippen LogP contribution < -0.4 is 5.06 Å². The van der Waals surface area contributed by atoms with Crippen LogP contribution in [0.25, 0.3) is 10.2 Å². The number of rotatable bonds is 4. The first-order valence-corrected chi connectivity index (χ1v) is 9.78. The summed E-state index contributed by atoms with van der Waals surface area (Å²) in [4.78, 5) is 20.4. The minimum absolute atomic E-state index is 0.843. The molecule has 1 aliphatic heterocycles. The van der Waals surface area contributed by atoms with Crippen LogP contribution >= 0.6 is 11.3 Å². The molecular weight excluding hydrogens is 320 g/mol. The smallest absolute Gasteiger partial charge is 0.164 e. The van der Waals surface area contributed by atoms with Gasteiger partial charge in [-0.3, -0.25) is 9.74 Å². The van der Waals surface area contributed by atoms with E-state index in [1.807, 2.05) is 18.4 Å². The fraction of sp³-hybridized carbons (Fsp3) is 0.667. The number of piperidine rings is 1. The minimum atomic E-state index is 0.843. The van der Waals surface area contributed by atoms with E-state index in [0.29, 0.717) is 0 Å². The molecule has 24 heavy (non-hydrogen) atoms. The number of nitrogens with zero attached hydrogens (tertiary/aromatic N) is 4. The van der Waals surface area contributed by atoms with Crippen LogP contribution in [0.15, 0.2) is 0 Å². The third-order valence-corrected chi connectivity index (χ3v) is 6.59. The summed E-state index contributed by atoms with van der Waals surface area (Å²) in [5.41, 5.74) is 1.45. The molecule has 2 aliphatic rings. The van der Waals surface area contributed by atoms with Gasteiger partial charge in [0.1, 0.15) is 10.7 Å². The quantitative estimate of drug-likeness (QED) is 0.794. The van der Waals surface area contributed by atoms with Crippen molar-refractivity contribution in [3.63, 3.8) is 0 Å². The molecule has 0 radical (unpaired) electrons. The number of aromatic nitrogens is 2. The number of fused-ring (bicyclic) bond motifs is 3. The van der Waals surface area contributed by atoms with Gasteiger partial charge in [0.2, 0.25) is 0 Å². The molecule has 0 saturated carbocycles. The third kappa shape index (κ3) is 2.91. The van der Waals surface area contributed by atoms with E-state index in [4.69, 9.17) is 14.8 Å². The molecular formula is C18H26N4OS. The Balaban J connectivity index is 1.69. The van der Waals surface area contributed by atoms with Gasteiger partial charge in [-0.2, -0.15) is 0 Å². The van der Waals surface area contributed by atoms with Crippen molar-refractivity contribution in [1.29, 1.82) is 0 Å². The van der Waals surface area contributed by atoms with Crippen molar-refractivity contribution in [2.24, 2.45) is 5.92 Å². The van der Waals surface area contributed by atoms with Crippen LogP contribution in [0.1, 0.15) is 42.5 Å². The monoisotopic (exact) mass is 346 g/mol. The highest BCUT2D eigenvalue weighted by Gasteiger charge is 2.25. The molecule has 0 aromatic carbocycles. The number of hydroxylamine groups is 1. The third-order valence-electron chi connectivity index (χ3n) is 5.41. The van der Waals surface area contributed by atoms with Crippen LogP contribution in [0.3, 0.4) is 0 Å². The molecule has 0 atom stereocenters. The Morgan fingerprint density at radius 1 is 1.25 bits per heavy atom. The van der Waals surface area contributed by atoms with Crippen molar-refractivity contribution >= 4 is 27.4 Å². The lowest BCUT2D eigenvalue weighted by atomic mass is 9.99. The first-order chi connectivity index (χ1) is 11.7. The highest BCUT2D eigenvalue weighted by Crippen LogP contribution is 2.40. The number of likely N-dealkylation sites (tertiary alicyclic amines) is 1. The first-order valence-electron chi connectivity index (χ1n) is 8.97. The second kappa shape index (κ2) is 6.58. The normalized spacial score (nSPS) is 19.1. The Morgan fingerprint density at radius 3 is 2.79 bits per heavy atom. The topological polar surface area (TPSA) is 41.5 Å². The highest BCUT2D eigenvalue weighted by molar-refractivity contribution is 7.19. The fourth-order valence-electron chi connectivity index (χ4n) is 3.82. The number of anilines is 1. The minimum Gasteiger partial charge on any atom is -0.296 e.